The van der Waals surface area contributed by atoms with E-state index in [1.807, 2.05) is 13.8 Å². The van der Waals surface area contributed by atoms with E-state index in [2.05, 4.69) is 0 Å². The number of alkyl halides is 3. The molecule has 0 heterocycles. The number of nitrogens with zero attached hydrogens (tertiary/aromatic N) is 1. The van der Waals surface area contributed by atoms with Crippen molar-refractivity contribution in [2.24, 2.45) is 0 Å². The highest BCUT2D eigenvalue weighted by Gasteiger charge is 2.36. The van der Waals surface area contributed by atoms with Gasteiger partial charge in [-0.15, -0.1) is 0 Å². The molecule has 0 aromatic heterocycles. The third-order valence-corrected chi connectivity index (χ3v) is 2.81. The second-order valence-corrected chi connectivity index (χ2v) is 4.46. The van der Waals surface area contributed by atoms with E-state index in [4.69, 9.17) is 0 Å². The highest BCUT2D eigenvalue weighted by molar-refractivity contribution is 5.94. The van der Waals surface area contributed by atoms with Crippen LogP contribution in [0.15, 0.2) is 18.2 Å². The maximum Gasteiger partial charge on any atom is 0.419 e. The molecule has 0 bridgehead atoms. The Bertz CT molecular complexity index is 465. The molecule has 0 saturated heterocycles. The number of halogens is 4. The predicted octanol–water partition coefficient (Wildman–Crippen LogP) is 4.11. The molecule has 2 nitrogen and oxygen atoms in total. The summed E-state index contributed by atoms with van der Waals surface area (Å²) in [6, 6.07) is 2.77. The van der Waals surface area contributed by atoms with E-state index in [-0.39, 0.29) is 0 Å². The Balaban J connectivity index is 3.16. The lowest BCUT2D eigenvalue weighted by atomic mass is 10.1. The number of hydrogen-bond acceptors (Lipinski definition) is 1. The van der Waals surface area contributed by atoms with Crippen molar-refractivity contribution in [1.29, 1.82) is 0 Å². The van der Waals surface area contributed by atoms with Gasteiger partial charge in [-0.05, 0) is 25.0 Å². The van der Waals surface area contributed by atoms with Gasteiger partial charge in [0.2, 0.25) is 0 Å². The smallest absolute Gasteiger partial charge is 0.339 e. The van der Waals surface area contributed by atoms with Crippen LogP contribution in [0.3, 0.4) is 0 Å². The van der Waals surface area contributed by atoms with Gasteiger partial charge in [-0.2, -0.15) is 13.2 Å². The van der Waals surface area contributed by atoms with E-state index in [1.54, 1.807) is 0 Å². The Morgan fingerprint density at radius 2 is 1.70 bits per heavy atom. The lowest BCUT2D eigenvalue weighted by Gasteiger charge is -2.22. The minimum Gasteiger partial charge on any atom is -0.339 e. The first kappa shape index (κ1) is 16.5. The van der Waals surface area contributed by atoms with Gasteiger partial charge >= 0.3 is 6.18 Å². The van der Waals surface area contributed by atoms with Crippen LogP contribution >= 0.6 is 0 Å². The van der Waals surface area contributed by atoms with Gasteiger partial charge < -0.3 is 4.90 Å². The second-order valence-electron chi connectivity index (χ2n) is 4.46. The van der Waals surface area contributed by atoms with E-state index in [0.717, 1.165) is 12.1 Å². The SMILES string of the molecule is CCCN(CCC)C(=O)c1cccc(C(F)(F)F)c1F. The summed E-state index contributed by atoms with van der Waals surface area (Å²) in [6.45, 7) is 4.47. The minimum absolute atomic E-state index is 0.391. The molecule has 0 aliphatic heterocycles. The fourth-order valence-electron chi connectivity index (χ4n) is 1.94. The number of carbonyl (C=O) groups is 1. The topological polar surface area (TPSA) is 20.3 Å². The van der Waals surface area contributed by atoms with Crippen LogP contribution < -0.4 is 0 Å². The van der Waals surface area contributed by atoms with Crippen molar-refractivity contribution in [3.05, 3.63) is 35.1 Å². The fourth-order valence-corrected chi connectivity index (χ4v) is 1.94. The number of carbonyl (C=O) groups excluding carboxylic acids is 1. The van der Waals surface area contributed by atoms with Crippen molar-refractivity contribution in [2.75, 3.05) is 13.1 Å². The molecule has 1 rings (SSSR count). The zero-order valence-electron chi connectivity index (χ0n) is 11.4. The first-order valence-electron chi connectivity index (χ1n) is 6.47. The molecule has 0 saturated carbocycles. The Labute approximate surface area is 115 Å². The van der Waals surface area contributed by atoms with Gasteiger partial charge in [0.05, 0.1) is 11.1 Å². The quantitative estimate of drug-likeness (QED) is 0.748. The van der Waals surface area contributed by atoms with Gasteiger partial charge in [-0.1, -0.05) is 19.9 Å². The van der Waals surface area contributed by atoms with Crippen LogP contribution in [0.4, 0.5) is 17.6 Å². The lowest BCUT2D eigenvalue weighted by molar-refractivity contribution is -0.140. The standard InChI is InChI=1S/C14H17F4NO/c1-3-8-19(9-4-2)13(20)10-6-5-7-11(12(10)15)14(16,17)18/h5-7H,3-4,8-9H2,1-2H3. The van der Waals surface area contributed by atoms with Crippen LogP contribution in [0.2, 0.25) is 0 Å². The van der Waals surface area contributed by atoms with Gasteiger partial charge in [0.1, 0.15) is 5.82 Å². The van der Waals surface area contributed by atoms with Crippen molar-refractivity contribution in [2.45, 2.75) is 32.9 Å². The summed E-state index contributed by atoms with van der Waals surface area (Å²) in [5, 5.41) is 0. The van der Waals surface area contributed by atoms with E-state index in [9.17, 15) is 22.4 Å². The molecule has 1 aromatic rings. The van der Waals surface area contributed by atoms with Crippen LogP contribution in [0.25, 0.3) is 0 Å². The fraction of sp³-hybridized carbons (Fsp3) is 0.500. The molecule has 1 amide bonds. The predicted molar refractivity (Wildman–Crippen MR) is 67.9 cm³/mol. The molecule has 0 aliphatic carbocycles. The first-order chi connectivity index (χ1) is 9.32. The van der Waals surface area contributed by atoms with Crippen LogP contribution in [0, 0.1) is 5.82 Å². The van der Waals surface area contributed by atoms with Gasteiger partial charge in [0.25, 0.3) is 5.91 Å². The van der Waals surface area contributed by atoms with E-state index in [1.165, 1.54) is 4.90 Å². The third kappa shape index (κ3) is 3.71. The molecular formula is C14H17F4NO. The van der Waals surface area contributed by atoms with E-state index < -0.39 is 29.0 Å². The Morgan fingerprint density at radius 3 is 2.15 bits per heavy atom. The monoisotopic (exact) mass is 291 g/mol. The summed E-state index contributed by atoms with van der Waals surface area (Å²) < 4.78 is 51.8. The molecule has 0 atom stereocenters. The average molecular weight is 291 g/mol. The van der Waals surface area contributed by atoms with Gasteiger partial charge in [0, 0.05) is 13.1 Å². The van der Waals surface area contributed by atoms with Crippen molar-refractivity contribution >= 4 is 5.91 Å². The Morgan fingerprint density at radius 1 is 1.15 bits per heavy atom. The maximum absolute atomic E-state index is 13.9. The van der Waals surface area contributed by atoms with Crippen molar-refractivity contribution in [1.82, 2.24) is 4.90 Å². The maximum atomic E-state index is 13.9. The summed E-state index contributed by atoms with van der Waals surface area (Å²) in [5.41, 5.74) is -1.93. The molecule has 0 spiro atoms. The lowest BCUT2D eigenvalue weighted by Crippen LogP contribution is -2.33. The number of hydrogen-bond donors (Lipinski definition) is 0. The summed E-state index contributed by atoms with van der Waals surface area (Å²) >= 11 is 0. The van der Waals surface area contributed by atoms with Gasteiger partial charge in [-0.3, -0.25) is 4.79 Å². The minimum atomic E-state index is -4.80. The zero-order chi connectivity index (χ0) is 15.3. The normalized spacial score (nSPS) is 11.5. The van der Waals surface area contributed by atoms with Crippen molar-refractivity contribution < 1.29 is 22.4 Å². The molecule has 6 heteroatoms. The second kappa shape index (κ2) is 6.72. The van der Waals surface area contributed by atoms with E-state index >= 15 is 0 Å². The number of amides is 1. The molecule has 0 fully saturated rings. The Hall–Kier alpha value is -1.59. The van der Waals surface area contributed by atoms with Gasteiger partial charge in [0.15, 0.2) is 0 Å². The molecule has 0 unspecified atom stereocenters. The van der Waals surface area contributed by atoms with E-state index in [0.29, 0.717) is 32.0 Å². The summed E-state index contributed by atoms with van der Waals surface area (Å²) in [7, 11) is 0. The average Bonchev–Trinajstić information content (AvgIpc) is 2.36. The molecular weight excluding hydrogens is 274 g/mol. The molecule has 0 N–H and O–H groups in total. The zero-order valence-corrected chi connectivity index (χ0v) is 11.4. The Kier molecular flexibility index (Phi) is 5.53. The van der Waals surface area contributed by atoms with Crippen molar-refractivity contribution in [3.63, 3.8) is 0 Å². The van der Waals surface area contributed by atoms with Crippen LogP contribution in [0.5, 0.6) is 0 Å². The molecule has 112 valence electrons. The molecule has 0 aliphatic rings. The first-order valence-corrected chi connectivity index (χ1v) is 6.47. The van der Waals surface area contributed by atoms with Crippen LogP contribution in [-0.4, -0.2) is 23.9 Å². The van der Waals surface area contributed by atoms with Gasteiger partial charge in [-0.25, -0.2) is 4.39 Å². The number of rotatable bonds is 5. The summed E-state index contributed by atoms with van der Waals surface area (Å²) in [5.74, 6) is -2.19. The third-order valence-electron chi connectivity index (χ3n) is 2.81. The van der Waals surface area contributed by atoms with Crippen LogP contribution in [-0.2, 0) is 6.18 Å². The molecule has 0 radical (unpaired) electrons. The molecule has 1 aromatic carbocycles. The molecule has 20 heavy (non-hydrogen) atoms. The number of benzene rings is 1. The highest BCUT2D eigenvalue weighted by Crippen LogP contribution is 2.32. The van der Waals surface area contributed by atoms with Crippen molar-refractivity contribution in [3.8, 4) is 0 Å². The highest BCUT2D eigenvalue weighted by atomic mass is 19.4. The summed E-state index contributed by atoms with van der Waals surface area (Å²) in [6.07, 6.45) is -3.49. The largest absolute Gasteiger partial charge is 0.419 e. The summed E-state index contributed by atoms with van der Waals surface area (Å²) in [4.78, 5) is 13.5. The van der Waals surface area contributed by atoms with Crippen LogP contribution in [0.1, 0.15) is 42.6 Å².